The molecule has 0 heterocycles. The summed E-state index contributed by atoms with van der Waals surface area (Å²) in [4.78, 5) is 10.8. The third kappa shape index (κ3) is 3.54. The predicted octanol–water partition coefficient (Wildman–Crippen LogP) is 1.29. The quantitative estimate of drug-likeness (QED) is 0.738. The molecule has 4 nitrogen and oxygen atoms in total. The van der Waals surface area contributed by atoms with Gasteiger partial charge in [-0.05, 0) is 31.9 Å². The van der Waals surface area contributed by atoms with Crippen LogP contribution in [-0.2, 0) is 16.8 Å². The molecule has 1 rings (SSSR count). The van der Waals surface area contributed by atoms with E-state index in [1.807, 2.05) is 0 Å². The smallest absolute Gasteiger partial charge is 0.340 e. The van der Waals surface area contributed by atoms with Crippen LogP contribution in [0.15, 0.2) is 24.3 Å². The van der Waals surface area contributed by atoms with Crippen LogP contribution in [0, 0.1) is 0 Å². The van der Waals surface area contributed by atoms with Gasteiger partial charge in [0, 0.05) is 6.42 Å². The van der Waals surface area contributed by atoms with Crippen LogP contribution in [0.5, 0.6) is 0 Å². The van der Waals surface area contributed by atoms with Crippen molar-refractivity contribution in [1.82, 2.24) is 0 Å². The van der Waals surface area contributed by atoms with Crippen LogP contribution in [0.25, 0.3) is 0 Å². The van der Waals surface area contributed by atoms with Crippen LogP contribution < -0.4 is 0 Å². The van der Waals surface area contributed by atoms with E-state index in [1.54, 1.807) is 38.1 Å². The van der Waals surface area contributed by atoms with Gasteiger partial charge in [-0.15, -0.1) is 0 Å². The van der Waals surface area contributed by atoms with E-state index in [0.717, 1.165) is 5.56 Å². The second kappa shape index (κ2) is 4.47. The van der Waals surface area contributed by atoms with Gasteiger partial charge in [0.15, 0.2) is 5.60 Å². The number of aliphatic carboxylic acids is 1. The van der Waals surface area contributed by atoms with Crippen LogP contribution in [0.4, 0.5) is 0 Å². The third-order valence-corrected chi connectivity index (χ3v) is 2.57. The summed E-state index contributed by atoms with van der Waals surface area (Å²) in [6.07, 6.45) is 0.475. The maximum atomic E-state index is 10.8. The average Bonchev–Trinajstić information content (AvgIpc) is 2.15. The second-order valence-electron chi connectivity index (χ2n) is 5.06. The molecular formula is C13H18O4. The summed E-state index contributed by atoms with van der Waals surface area (Å²) in [7, 11) is 0. The lowest BCUT2D eigenvalue weighted by Crippen LogP contribution is -2.31. The highest BCUT2D eigenvalue weighted by atomic mass is 16.4. The van der Waals surface area contributed by atoms with Gasteiger partial charge in [0.25, 0.3) is 0 Å². The van der Waals surface area contributed by atoms with Gasteiger partial charge in [0.2, 0.25) is 0 Å². The van der Waals surface area contributed by atoms with Crippen molar-refractivity contribution in [2.45, 2.75) is 38.4 Å². The number of rotatable bonds is 4. The zero-order valence-corrected chi connectivity index (χ0v) is 10.3. The molecule has 0 amide bonds. The summed E-state index contributed by atoms with van der Waals surface area (Å²) >= 11 is 0. The molecule has 1 aromatic rings. The Morgan fingerprint density at radius 3 is 1.94 bits per heavy atom. The predicted molar refractivity (Wildman–Crippen MR) is 63.7 cm³/mol. The number of carbonyl (C=O) groups is 1. The second-order valence-corrected chi connectivity index (χ2v) is 5.06. The van der Waals surface area contributed by atoms with Gasteiger partial charge in [0.05, 0.1) is 5.60 Å². The topological polar surface area (TPSA) is 77.8 Å². The molecule has 0 saturated heterocycles. The zero-order chi connectivity index (χ0) is 13.3. The summed E-state index contributed by atoms with van der Waals surface area (Å²) in [5, 5.41) is 28.2. The van der Waals surface area contributed by atoms with Crippen LogP contribution >= 0.6 is 0 Å². The van der Waals surface area contributed by atoms with Crippen LogP contribution in [-0.4, -0.2) is 26.9 Å². The summed E-state index contributed by atoms with van der Waals surface area (Å²) in [5.41, 5.74) is -1.48. The van der Waals surface area contributed by atoms with Crippen LogP contribution in [0.1, 0.15) is 31.9 Å². The van der Waals surface area contributed by atoms with E-state index in [1.165, 1.54) is 6.92 Å². The van der Waals surface area contributed by atoms with Crippen molar-refractivity contribution in [3.8, 4) is 0 Å². The Bertz CT molecular complexity index is 398. The number of carboxylic acid groups (broad SMARTS) is 1. The van der Waals surface area contributed by atoms with E-state index < -0.39 is 17.2 Å². The molecule has 0 saturated carbocycles. The third-order valence-electron chi connectivity index (χ3n) is 2.57. The first-order valence-electron chi connectivity index (χ1n) is 5.40. The molecule has 0 spiro atoms. The largest absolute Gasteiger partial charge is 0.479 e. The minimum absolute atomic E-state index is 0.324. The van der Waals surface area contributed by atoms with E-state index >= 15 is 0 Å². The van der Waals surface area contributed by atoms with Crippen LogP contribution in [0.3, 0.4) is 0 Å². The number of carboxylic acids is 1. The number of hydrogen-bond donors (Lipinski definition) is 3. The lowest BCUT2D eigenvalue weighted by Gasteiger charge is -2.20. The molecule has 0 bridgehead atoms. The lowest BCUT2D eigenvalue weighted by molar-refractivity contribution is -0.157. The van der Waals surface area contributed by atoms with Gasteiger partial charge in [-0.2, -0.15) is 0 Å². The SMILES string of the molecule is CC(C)(O)Cc1ccc(C(C)(O)C(=O)O)cc1. The Morgan fingerprint density at radius 1 is 1.12 bits per heavy atom. The Labute approximate surface area is 101 Å². The van der Waals surface area contributed by atoms with E-state index in [4.69, 9.17) is 5.11 Å². The molecule has 0 fully saturated rings. The highest BCUT2D eigenvalue weighted by molar-refractivity contribution is 5.78. The van der Waals surface area contributed by atoms with E-state index in [0.29, 0.717) is 12.0 Å². The minimum Gasteiger partial charge on any atom is -0.479 e. The summed E-state index contributed by atoms with van der Waals surface area (Å²) in [6.45, 7) is 4.64. The van der Waals surface area contributed by atoms with E-state index in [2.05, 4.69) is 0 Å². The maximum absolute atomic E-state index is 10.8. The molecule has 0 aliphatic carbocycles. The number of benzene rings is 1. The van der Waals surface area contributed by atoms with Gasteiger partial charge in [-0.1, -0.05) is 24.3 Å². The van der Waals surface area contributed by atoms with E-state index in [-0.39, 0.29) is 0 Å². The minimum atomic E-state index is -1.88. The van der Waals surface area contributed by atoms with Crippen LogP contribution in [0.2, 0.25) is 0 Å². The zero-order valence-electron chi connectivity index (χ0n) is 10.3. The molecule has 0 aromatic heterocycles. The van der Waals surface area contributed by atoms with E-state index in [9.17, 15) is 15.0 Å². The molecule has 4 heteroatoms. The fraction of sp³-hybridized carbons (Fsp3) is 0.462. The summed E-state index contributed by atoms with van der Waals surface area (Å²) < 4.78 is 0. The number of aliphatic hydroxyl groups is 2. The monoisotopic (exact) mass is 238 g/mol. The molecule has 17 heavy (non-hydrogen) atoms. The summed E-state index contributed by atoms with van der Waals surface area (Å²) in [6, 6.07) is 6.56. The van der Waals surface area contributed by atoms with Crippen molar-refractivity contribution in [1.29, 1.82) is 0 Å². The summed E-state index contributed by atoms with van der Waals surface area (Å²) in [5.74, 6) is -1.28. The highest BCUT2D eigenvalue weighted by Crippen LogP contribution is 2.22. The van der Waals surface area contributed by atoms with Crippen molar-refractivity contribution >= 4 is 5.97 Å². The first kappa shape index (κ1) is 13.7. The molecule has 0 aliphatic rings. The van der Waals surface area contributed by atoms with Gasteiger partial charge in [0.1, 0.15) is 0 Å². The fourth-order valence-corrected chi connectivity index (χ4v) is 1.57. The molecule has 0 aliphatic heterocycles. The Hall–Kier alpha value is -1.39. The van der Waals surface area contributed by atoms with Gasteiger partial charge in [-0.25, -0.2) is 4.79 Å². The standard InChI is InChI=1S/C13H18O4/c1-12(2,16)8-9-4-6-10(7-5-9)13(3,17)11(14)15/h4-7,16-17H,8H2,1-3H3,(H,14,15). The Kier molecular flexibility index (Phi) is 3.59. The molecule has 1 aromatic carbocycles. The highest BCUT2D eigenvalue weighted by Gasteiger charge is 2.31. The Morgan fingerprint density at radius 2 is 1.59 bits per heavy atom. The molecule has 1 atom stereocenters. The fourth-order valence-electron chi connectivity index (χ4n) is 1.57. The van der Waals surface area contributed by atoms with Crippen molar-refractivity contribution in [2.24, 2.45) is 0 Å². The lowest BCUT2D eigenvalue weighted by atomic mass is 9.92. The first-order valence-corrected chi connectivity index (χ1v) is 5.40. The number of hydrogen-bond acceptors (Lipinski definition) is 3. The average molecular weight is 238 g/mol. The van der Waals surface area contributed by atoms with Crippen molar-refractivity contribution in [3.05, 3.63) is 35.4 Å². The molecule has 0 radical (unpaired) electrons. The first-order chi connectivity index (χ1) is 7.63. The molecule has 3 N–H and O–H groups in total. The van der Waals surface area contributed by atoms with Crippen molar-refractivity contribution in [3.63, 3.8) is 0 Å². The van der Waals surface area contributed by atoms with Gasteiger partial charge >= 0.3 is 5.97 Å². The molecule has 94 valence electrons. The van der Waals surface area contributed by atoms with Crippen molar-refractivity contribution < 1.29 is 20.1 Å². The van der Waals surface area contributed by atoms with Gasteiger partial charge in [-0.3, -0.25) is 0 Å². The molecule has 1 unspecified atom stereocenters. The Balaban J connectivity index is 2.93. The normalized spacial score (nSPS) is 15.4. The van der Waals surface area contributed by atoms with Gasteiger partial charge < -0.3 is 15.3 Å². The van der Waals surface area contributed by atoms with Crippen molar-refractivity contribution in [2.75, 3.05) is 0 Å². The molecular weight excluding hydrogens is 220 g/mol. The maximum Gasteiger partial charge on any atom is 0.340 e.